The summed E-state index contributed by atoms with van der Waals surface area (Å²) < 4.78 is 0. The van der Waals surface area contributed by atoms with Gasteiger partial charge in [-0.05, 0) is 61.3 Å². The SMILES string of the molecule is CCCc1ccc2c(c1O)C[C@H]1NCC[C@@]23C(=O)CCC[C@@H]13. The summed E-state index contributed by atoms with van der Waals surface area (Å²) in [6.07, 6.45) is 6.58. The van der Waals surface area contributed by atoms with Crippen LogP contribution in [-0.4, -0.2) is 23.5 Å². The Balaban J connectivity index is 1.91. The Labute approximate surface area is 132 Å². The van der Waals surface area contributed by atoms with Crippen molar-refractivity contribution in [3.8, 4) is 5.75 Å². The van der Waals surface area contributed by atoms with Crippen molar-refractivity contribution >= 4 is 5.78 Å². The van der Waals surface area contributed by atoms with Gasteiger partial charge in [-0.2, -0.15) is 0 Å². The van der Waals surface area contributed by atoms with Gasteiger partial charge < -0.3 is 10.4 Å². The van der Waals surface area contributed by atoms with E-state index in [-0.39, 0.29) is 5.41 Å². The lowest BCUT2D eigenvalue weighted by molar-refractivity contribution is -0.132. The summed E-state index contributed by atoms with van der Waals surface area (Å²) in [4.78, 5) is 12.9. The summed E-state index contributed by atoms with van der Waals surface area (Å²) in [6.45, 7) is 3.05. The molecule has 2 N–H and O–H groups in total. The van der Waals surface area contributed by atoms with Crippen molar-refractivity contribution in [3.05, 3.63) is 28.8 Å². The third-order valence-corrected chi connectivity index (χ3v) is 6.25. The molecule has 2 fully saturated rings. The van der Waals surface area contributed by atoms with Crippen LogP contribution < -0.4 is 5.32 Å². The van der Waals surface area contributed by atoms with E-state index in [0.29, 0.717) is 29.9 Å². The highest BCUT2D eigenvalue weighted by Gasteiger charge is 2.56. The van der Waals surface area contributed by atoms with Gasteiger partial charge in [0.1, 0.15) is 11.5 Å². The molecule has 4 rings (SSSR count). The van der Waals surface area contributed by atoms with Crippen molar-refractivity contribution in [2.75, 3.05) is 6.54 Å². The summed E-state index contributed by atoms with van der Waals surface area (Å²) in [5.41, 5.74) is 2.92. The molecule has 1 aromatic carbocycles. The average Bonchev–Trinajstić information content (AvgIpc) is 2.51. The molecular weight excluding hydrogens is 274 g/mol. The minimum atomic E-state index is -0.316. The molecule has 22 heavy (non-hydrogen) atoms. The monoisotopic (exact) mass is 299 g/mol. The van der Waals surface area contributed by atoms with Crippen LogP contribution in [0.4, 0.5) is 0 Å². The van der Waals surface area contributed by atoms with E-state index in [0.717, 1.165) is 61.8 Å². The van der Waals surface area contributed by atoms with Crippen molar-refractivity contribution in [3.63, 3.8) is 0 Å². The summed E-state index contributed by atoms with van der Waals surface area (Å²) in [5, 5.41) is 14.4. The first-order valence-corrected chi connectivity index (χ1v) is 8.79. The van der Waals surface area contributed by atoms with Gasteiger partial charge in [0.05, 0.1) is 5.41 Å². The molecule has 3 nitrogen and oxygen atoms in total. The summed E-state index contributed by atoms with van der Waals surface area (Å²) in [5.74, 6) is 1.30. The third kappa shape index (κ3) is 1.75. The number of nitrogens with one attached hydrogen (secondary N) is 1. The molecule has 0 radical (unpaired) electrons. The fourth-order valence-electron chi connectivity index (χ4n) is 5.32. The Kier molecular flexibility index (Phi) is 3.30. The fourth-order valence-corrected chi connectivity index (χ4v) is 5.32. The van der Waals surface area contributed by atoms with Gasteiger partial charge in [-0.25, -0.2) is 0 Å². The van der Waals surface area contributed by atoms with Gasteiger partial charge in [0, 0.05) is 12.5 Å². The van der Waals surface area contributed by atoms with E-state index in [1.165, 1.54) is 0 Å². The van der Waals surface area contributed by atoms with Crippen molar-refractivity contribution < 1.29 is 9.90 Å². The van der Waals surface area contributed by atoms with Gasteiger partial charge in [-0.1, -0.05) is 25.5 Å². The van der Waals surface area contributed by atoms with Gasteiger partial charge >= 0.3 is 0 Å². The van der Waals surface area contributed by atoms with Crippen LogP contribution in [0, 0.1) is 5.92 Å². The molecule has 1 aliphatic heterocycles. The van der Waals surface area contributed by atoms with Crippen molar-refractivity contribution in [1.29, 1.82) is 0 Å². The molecule has 2 aliphatic carbocycles. The van der Waals surface area contributed by atoms with Crippen LogP contribution in [0.15, 0.2) is 12.1 Å². The number of benzene rings is 1. The van der Waals surface area contributed by atoms with Crippen LogP contribution in [0.1, 0.15) is 55.7 Å². The van der Waals surface area contributed by atoms with Crippen LogP contribution in [0.5, 0.6) is 5.75 Å². The topological polar surface area (TPSA) is 49.3 Å². The molecule has 118 valence electrons. The number of hydrogen-bond donors (Lipinski definition) is 2. The molecule has 3 atom stereocenters. The molecule has 1 aromatic rings. The number of fused-ring (bicyclic) bond motifs is 1. The average molecular weight is 299 g/mol. The highest BCUT2D eigenvalue weighted by molar-refractivity contribution is 5.92. The predicted octanol–water partition coefficient (Wildman–Crippen LogP) is 2.87. The molecule has 0 aromatic heterocycles. The Morgan fingerprint density at radius 1 is 1.41 bits per heavy atom. The second kappa shape index (κ2) is 5.09. The van der Waals surface area contributed by atoms with E-state index in [2.05, 4.69) is 24.4 Å². The number of rotatable bonds is 2. The standard InChI is InChI=1S/C19H25NO2/c1-2-4-12-7-8-14-13(18(12)22)11-16-15-5-3-6-17(21)19(14,15)9-10-20-16/h7-8,15-16,20,22H,2-6,9-11H2,1H3/t15-,16+,19+/m0/s1. The van der Waals surface area contributed by atoms with E-state index >= 15 is 0 Å². The first kappa shape index (κ1) is 14.3. The first-order valence-electron chi connectivity index (χ1n) is 8.79. The number of phenolic OH excluding ortho intramolecular Hbond substituents is 1. The maximum atomic E-state index is 12.9. The Hall–Kier alpha value is -1.35. The van der Waals surface area contributed by atoms with Gasteiger partial charge in [0.2, 0.25) is 0 Å². The summed E-state index contributed by atoms with van der Waals surface area (Å²) >= 11 is 0. The zero-order chi connectivity index (χ0) is 15.3. The van der Waals surface area contributed by atoms with Crippen LogP contribution >= 0.6 is 0 Å². The number of carbonyl (C=O) groups is 1. The van der Waals surface area contributed by atoms with Gasteiger partial charge in [0.25, 0.3) is 0 Å². The van der Waals surface area contributed by atoms with Crippen LogP contribution in [0.3, 0.4) is 0 Å². The number of hydrogen-bond acceptors (Lipinski definition) is 3. The van der Waals surface area contributed by atoms with E-state index in [4.69, 9.17) is 0 Å². The maximum absolute atomic E-state index is 12.9. The Morgan fingerprint density at radius 2 is 2.27 bits per heavy atom. The van der Waals surface area contributed by atoms with Crippen LogP contribution in [0.2, 0.25) is 0 Å². The van der Waals surface area contributed by atoms with Gasteiger partial charge in [-0.15, -0.1) is 0 Å². The number of ketones is 1. The van der Waals surface area contributed by atoms with Crippen molar-refractivity contribution in [1.82, 2.24) is 5.32 Å². The number of aromatic hydroxyl groups is 1. The molecule has 2 bridgehead atoms. The summed E-state index contributed by atoms with van der Waals surface area (Å²) in [7, 11) is 0. The number of piperidine rings is 1. The lowest BCUT2D eigenvalue weighted by atomic mass is 9.52. The van der Waals surface area contributed by atoms with Crippen molar-refractivity contribution in [2.24, 2.45) is 5.92 Å². The number of carbonyl (C=O) groups excluding carboxylic acids is 1. The fraction of sp³-hybridized carbons (Fsp3) is 0.632. The van der Waals surface area contributed by atoms with E-state index in [1.807, 2.05) is 0 Å². The maximum Gasteiger partial charge on any atom is 0.143 e. The van der Waals surface area contributed by atoms with E-state index in [1.54, 1.807) is 0 Å². The van der Waals surface area contributed by atoms with Gasteiger partial charge in [-0.3, -0.25) is 4.79 Å². The van der Waals surface area contributed by atoms with Crippen LogP contribution in [-0.2, 0) is 23.1 Å². The van der Waals surface area contributed by atoms with Gasteiger partial charge in [0.15, 0.2) is 0 Å². The number of phenols is 1. The quantitative estimate of drug-likeness (QED) is 0.883. The molecule has 3 heteroatoms. The largest absolute Gasteiger partial charge is 0.507 e. The third-order valence-electron chi connectivity index (χ3n) is 6.25. The molecule has 0 spiro atoms. The second-order valence-corrected chi connectivity index (χ2v) is 7.26. The zero-order valence-electron chi connectivity index (χ0n) is 13.3. The molecule has 1 saturated carbocycles. The summed E-state index contributed by atoms with van der Waals surface area (Å²) in [6, 6.07) is 4.58. The molecular formula is C19H25NO2. The molecule has 0 unspecified atom stereocenters. The minimum absolute atomic E-state index is 0.316. The highest BCUT2D eigenvalue weighted by atomic mass is 16.3. The molecule has 1 saturated heterocycles. The Bertz CT molecular complexity index is 624. The smallest absolute Gasteiger partial charge is 0.143 e. The van der Waals surface area contributed by atoms with E-state index in [9.17, 15) is 9.90 Å². The number of aryl methyl sites for hydroxylation is 1. The van der Waals surface area contributed by atoms with Crippen molar-refractivity contribution in [2.45, 2.75) is 63.3 Å². The lowest BCUT2D eigenvalue weighted by Crippen LogP contribution is -2.62. The molecule has 0 amide bonds. The number of Topliss-reactive ketones (excluding diaryl/α,β-unsaturated/α-hetero) is 1. The second-order valence-electron chi connectivity index (χ2n) is 7.26. The molecule has 1 heterocycles. The Morgan fingerprint density at radius 3 is 3.09 bits per heavy atom. The predicted molar refractivity (Wildman–Crippen MR) is 86.2 cm³/mol. The minimum Gasteiger partial charge on any atom is -0.507 e. The zero-order valence-corrected chi connectivity index (χ0v) is 13.3. The van der Waals surface area contributed by atoms with E-state index < -0.39 is 0 Å². The van der Waals surface area contributed by atoms with Crippen LogP contribution in [0.25, 0.3) is 0 Å². The normalized spacial score (nSPS) is 33.2. The highest BCUT2D eigenvalue weighted by Crippen LogP contribution is 2.53. The first-order chi connectivity index (χ1) is 10.7. The molecule has 3 aliphatic rings. The lowest BCUT2D eigenvalue weighted by Gasteiger charge is -2.54.